The van der Waals surface area contributed by atoms with Crippen molar-refractivity contribution in [3.8, 4) is 0 Å². The van der Waals surface area contributed by atoms with E-state index in [4.69, 9.17) is 13.9 Å². The Labute approximate surface area is 242 Å². The van der Waals surface area contributed by atoms with Gasteiger partial charge in [0, 0.05) is 18.6 Å². The van der Waals surface area contributed by atoms with Crippen LogP contribution in [0.1, 0.15) is 107 Å². The molecular formula is C35H60O3Si. The first-order valence-corrected chi connectivity index (χ1v) is 19.0. The van der Waals surface area contributed by atoms with Crippen molar-refractivity contribution >= 4 is 8.32 Å². The number of fused-ring (bicyclic) bond motifs is 5. The van der Waals surface area contributed by atoms with Crippen LogP contribution in [-0.2, 0) is 13.9 Å². The van der Waals surface area contributed by atoms with E-state index in [9.17, 15) is 0 Å². The minimum absolute atomic E-state index is 0.174. The summed E-state index contributed by atoms with van der Waals surface area (Å²) in [7, 11) is -0.127. The van der Waals surface area contributed by atoms with Crippen LogP contribution in [0.3, 0.4) is 0 Å². The molecule has 0 bridgehead atoms. The van der Waals surface area contributed by atoms with Crippen molar-refractivity contribution in [1.82, 2.24) is 0 Å². The van der Waals surface area contributed by atoms with E-state index in [1.54, 1.807) is 23.8 Å². The van der Waals surface area contributed by atoms with Crippen molar-refractivity contribution < 1.29 is 13.9 Å². The van der Waals surface area contributed by atoms with Gasteiger partial charge in [0.15, 0.2) is 8.32 Å². The SMILES string of the molecule is COCO[C@H]1CC[C@@]2(C)C(=CC=C3C2=CC[C@]2(C)[C@@H]([C@H](C)[C@@H](CCC(C)C)O[Si](C)(C)C(C)(C)C)CC[C@@H]32)C1. The molecule has 7 atom stereocenters. The van der Waals surface area contributed by atoms with E-state index >= 15 is 0 Å². The minimum Gasteiger partial charge on any atom is -0.414 e. The molecule has 4 aliphatic carbocycles. The van der Waals surface area contributed by atoms with Crippen molar-refractivity contribution in [2.75, 3.05) is 13.9 Å². The van der Waals surface area contributed by atoms with Gasteiger partial charge in [0.05, 0.1) is 6.10 Å². The maximum atomic E-state index is 7.26. The average Bonchev–Trinajstić information content (AvgIpc) is 3.21. The van der Waals surface area contributed by atoms with Crippen LogP contribution in [0.15, 0.2) is 34.9 Å². The van der Waals surface area contributed by atoms with Gasteiger partial charge in [-0.3, -0.25) is 0 Å². The predicted molar refractivity (Wildman–Crippen MR) is 167 cm³/mol. The molecule has 0 heterocycles. The zero-order chi connectivity index (χ0) is 28.8. The molecule has 0 aliphatic heterocycles. The highest BCUT2D eigenvalue weighted by Gasteiger charge is 2.55. The molecule has 0 aromatic carbocycles. The summed E-state index contributed by atoms with van der Waals surface area (Å²) in [6.45, 7) is 24.9. The molecule has 4 rings (SSSR count). The van der Waals surface area contributed by atoms with Gasteiger partial charge >= 0.3 is 0 Å². The predicted octanol–water partition coefficient (Wildman–Crippen LogP) is 9.86. The van der Waals surface area contributed by atoms with Crippen LogP contribution >= 0.6 is 0 Å². The number of allylic oxidation sites excluding steroid dienone is 5. The summed E-state index contributed by atoms with van der Waals surface area (Å²) in [4.78, 5) is 0. The minimum atomic E-state index is -1.84. The van der Waals surface area contributed by atoms with Crippen LogP contribution in [0.5, 0.6) is 0 Å². The third-order valence-corrected chi connectivity index (χ3v) is 16.5. The summed E-state index contributed by atoms with van der Waals surface area (Å²) < 4.78 is 18.4. The quantitative estimate of drug-likeness (QED) is 0.198. The number of ether oxygens (including phenoxy) is 2. The largest absolute Gasteiger partial charge is 0.414 e. The molecule has 0 radical (unpaired) electrons. The Morgan fingerprint density at radius 3 is 2.38 bits per heavy atom. The maximum Gasteiger partial charge on any atom is 0.192 e. The molecule has 0 aromatic rings. The zero-order valence-corrected chi connectivity index (χ0v) is 28.3. The molecule has 0 amide bonds. The lowest BCUT2D eigenvalue weighted by Gasteiger charge is -2.51. The highest BCUT2D eigenvalue weighted by atomic mass is 28.4. The maximum absolute atomic E-state index is 7.26. The molecule has 2 fully saturated rings. The summed E-state index contributed by atoms with van der Waals surface area (Å²) in [5.74, 6) is 2.68. The van der Waals surface area contributed by atoms with Gasteiger partial charge in [-0.05, 0) is 110 Å². The average molecular weight is 557 g/mol. The Balaban J connectivity index is 1.58. The first kappa shape index (κ1) is 31.3. The molecule has 222 valence electrons. The molecule has 4 aliphatic rings. The Morgan fingerprint density at radius 1 is 1.03 bits per heavy atom. The smallest absolute Gasteiger partial charge is 0.192 e. The molecule has 0 aromatic heterocycles. The lowest BCUT2D eigenvalue weighted by Crippen LogP contribution is -2.48. The molecule has 3 nitrogen and oxygen atoms in total. The molecule has 0 N–H and O–H groups in total. The number of rotatable bonds is 10. The summed E-state index contributed by atoms with van der Waals surface area (Å²) in [6.07, 6.45) is 18.0. The molecule has 0 spiro atoms. The molecule has 39 heavy (non-hydrogen) atoms. The molecule has 0 saturated heterocycles. The summed E-state index contributed by atoms with van der Waals surface area (Å²) >= 11 is 0. The van der Waals surface area contributed by atoms with Crippen LogP contribution in [-0.4, -0.2) is 34.4 Å². The van der Waals surface area contributed by atoms with Crippen LogP contribution < -0.4 is 0 Å². The Hall–Kier alpha value is -0.683. The lowest BCUT2D eigenvalue weighted by molar-refractivity contribution is -0.0816. The summed E-state index contributed by atoms with van der Waals surface area (Å²) in [5.41, 5.74) is 5.36. The van der Waals surface area contributed by atoms with E-state index in [0.29, 0.717) is 36.1 Å². The van der Waals surface area contributed by atoms with Crippen molar-refractivity contribution in [3.63, 3.8) is 0 Å². The second-order valence-electron chi connectivity index (χ2n) is 15.9. The van der Waals surface area contributed by atoms with Crippen molar-refractivity contribution in [3.05, 3.63) is 34.9 Å². The van der Waals surface area contributed by atoms with Gasteiger partial charge in [-0.25, -0.2) is 0 Å². The Morgan fingerprint density at radius 2 is 1.74 bits per heavy atom. The van der Waals surface area contributed by atoms with Crippen LogP contribution in [0.2, 0.25) is 18.1 Å². The first-order chi connectivity index (χ1) is 18.1. The van der Waals surface area contributed by atoms with Gasteiger partial charge in [0.25, 0.3) is 0 Å². The molecule has 0 unspecified atom stereocenters. The molecular weight excluding hydrogens is 496 g/mol. The van der Waals surface area contributed by atoms with Gasteiger partial charge < -0.3 is 13.9 Å². The number of hydrogen-bond acceptors (Lipinski definition) is 3. The Bertz CT molecular complexity index is 969. The van der Waals surface area contributed by atoms with E-state index in [1.165, 1.54) is 38.5 Å². The molecule has 2 saturated carbocycles. The standard InChI is InChI=1S/C35H60O3Si/c1-24(2)12-17-32(38-39(10,11)33(4,5)6)25(3)29-15-16-30-28-14-13-26-22-27(37-23-36-9)18-20-34(26,7)31(28)19-21-35(29,30)8/h13-14,19,24-25,27,29-30,32H,12,15-18,20-23H2,1-11H3/t25-,27-,29+,30-,32+,34-,35+/m0/s1. The van der Waals surface area contributed by atoms with Gasteiger partial charge in [-0.15, -0.1) is 0 Å². The highest BCUT2D eigenvalue weighted by Crippen LogP contribution is 2.64. The molecule has 4 heteroatoms. The highest BCUT2D eigenvalue weighted by molar-refractivity contribution is 6.74. The van der Waals surface area contributed by atoms with Crippen LogP contribution in [0.4, 0.5) is 0 Å². The fourth-order valence-corrected chi connectivity index (χ4v) is 9.73. The third kappa shape index (κ3) is 5.97. The van der Waals surface area contributed by atoms with Crippen LogP contribution in [0, 0.1) is 34.5 Å². The number of methoxy groups -OCH3 is 1. The summed E-state index contributed by atoms with van der Waals surface area (Å²) in [6, 6.07) is 0. The monoisotopic (exact) mass is 556 g/mol. The van der Waals surface area contributed by atoms with Gasteiger partial charge in [0.2, 0.25) is 0 Å². The van der Waals surface area contributed by atoms with E-state index in [2.05, 4.69) is 86.7 Å². The lowest BCUT2D eigenvalue weighted by atomic mass is 9.54. The fraction of sp³-hybridized carbons (Fsp3) is 0.829. The fourth-order valence-electron chi connectivity index (χ4n) is 8.29. The third-order valence-electron chi connectivity index (χ3n) is 11.9. The van der Waals surface area contributed by atoms with Gasteiger partial charge in [-0.2, -0.15) is 0 Å². The van der Waals surface area contributed by atoms with Crippen molar-refractivity contribution in [2.24, 2.45) is 34.5 Å². The summed E-state index contributed by atoms with van der Waals surface area (Å²) in [5, 5.41) is 0.243. The van der Waals surface area contributed by atoms with Gasteiger partial charge in [-0.1, -0.05) is 79.2 Å². The zero-order valence-electron chi connectivity index (χ0n) is 27.3. The van der Waals surface area contributed by atoms with E-state index in [-0.39, 0.29) is 16.6 Å². The normalized spacial score (nSPS) is 34.5. The van der Waals surface area contributed by atoms with Crippen molar-refractivity contribution in [2.45, 2.75) is 137 Å². The van der Waals surface area contributed by atoms with E-state index in [1.807, 2.05) is 0 Å². The second-order valence-corrected chi connectivity index (χ2v) is 20.7. The van der Waals surface area contributed by atoms with Crippen molar-refractivity contribution in [1.29, 1.82) is 0 Å². The topological polar surface area (TPSA) is 27.7 Å². The van der Waals surface area contributed by atoms with E-state index < -0.39 is 8.32 Å². The van der Waals surface area contributed by atoms with Crippen LogP contribution in [0.25, 0.3) is 0 Å². The first-order valence-electron chi connectivity index (χ1n) is 16.0. The second kappa shape index (κ2) is 11.5. The van der Waals surface area contributed by atoms with Gasteiger partial charge in [0.1, 0.15) is 6.79 Å². The van der Waals surface area contributed by atoms with E-state index in [0.717, 1.165) is 18.8 Å². The number of hydrogen-bond donors (Lipinski definition) is 0. The Kier molecular flexibility index (Phi) is 9.25.